The summed E-state index contributed by atoms with van der Waals surface area (Å²) in [6, 6.07) is 8.26. The molecule has 6 heteroatoms. The molecule has 0 spiro atoms. The lowest BCUT2D eigenvalue weighted by Gasteiger charge is -2.25. The van der Waals surface area contributed by atoms with Crippen LogP contribution < -0.4 is 5.32 Å². The molecule has 0 unspecified atom stereocenters. The van der Waals surface area contributed by atoms with Gasteiger partial charge in [0.05, 0.1) is 11.1 Å². The summed E-state index contributed by atoms with van der Waals surface area (Å²) in [7, 11) is 0. The van der Waals surface area contributed by atoms with Crippen LogP contribution in [0.1, 0.15) is 34.6 Å². The highest BCUT2D eigenvalue weighted by Gasteiger charge is 2.23. The molecule has 0 atom stereocenters. The van der Waals surface area contributed by atoms with Gasteiger partial charge in [-0.3, -0.25) is 9.78 Å². The van der Waals surface area contributed by atoms with Gasteiger partial charge in [0.2, 0.25) is 0 Å². The summed E-state index contributed by atoms with van der Waals surface area (Å²) in [6.45, 7) is 3.47. The highest BCUT2D eigenvalue weighted by molar-refractivity contribution is 5.94. The van der Waals surface area contributed by atoms with Crippen LogP contribution >= 0.6 is 0 Å². The molecule has 0 saturated heterocycles. The zero-order valence-corrected chi connectivity index (χ0v) is 12.9. The highest BCUT2D eigenvalue weighted by Crippen LogP contribution is 2.09. The molecule has 0 radical (unpaired) electrons. The van der Waals surface area contributed by atoms with Crippen LogP contribution in [0.2, 0.25) is 0 Å². The molecule has 120 valence electrons. The van der Waals surface area contributed by atoms with E-state index >= 15 is 0 Å². The first kappa shape index (κ1) is 16.6. The standard InChI is InChI=1S/C17H17FN2O3/c1-17(2,20-15(21)12-7-9-19-10-8-12)11-23-16(22)13-3-5-14(18)6-4-13/h3-10H,11H2,1-2H3,(H,20,21). The lowest BCUT2D eigenvalue weighted by Crippen LogP contribution is -2.47. The van der Waals surface area contributed by atoms with Crippen LogP contribution in [0, 0.1) is 5.82 Å². The quantitative estimate of drug-likeness (QED) is 0.861. The Balaban J connectivity index is 1.92. The Morgan fingerprint density at radius 1 is 1.09 bits per heavy atom. The molecule has 1 aromatic carbocycles. The molecule has 2 rings (SSSR count). The zero-order chi connectivity index (χ0) is 16.9. The molecule has 0 aliphatic carbocycles. The predicted molar refractivity (Wildman–Crippen MR) is 82.5 cm³/mol. The number of hydrogen-bond acceptors (Lipinski definition) is 4. The largest absolute Gasteiger partial charge is 0.460 e. The van der Waals surface area contributed by atoms with Gasteiger partial charge >= 0.3 is 5.97 Å². The first-order valence-corrected chi connectivity index (χ1v) is 7.03. The number of carbonyl (C=O) groups excluding carboxylic acids is 2. The number of amides is 1. The van der Waals surface area contributed by atoms with Crippen molar-refractivity contribution in [3.63, 3.8) is 0 Å². The lowest BCUT2D eigenvalue weighted by atomic mass is 10.1. The Kier molecular flexibility index (Phi) is 5.05. The molecule has 1 N–H and O–H groups in total. The van der Waals surface area contributed by atoms with Crippen molar-refractivity contribution in [2.75, 3.05) is 6.61 Å². The maximum absolute atomic E-state index is 12.8. The van der Waals surface area contributed by atoms with Crippen LogP contribution in [0.15, 0.2) is 48.8 Å². The van der Waals surface area contributed by atoms with Gasteiger partial charge < -0.3 is 10.1 Å². The first-order valence-electron chi connectivity index (χ1n) is 7.03. The molecule has 0 fully saturated rings. The second-order valence-electron chi connectivity index (χ2n) is 5.66. The summed E-state index contributed by atoms with van der Waals surface area (Å²) in [6.07, 6.45) is 3.05. The van der Waals surface area contributed by atoms with E-state index in [1.807, 2.05) is 0 Å². The van der Waals surface area contributed by atoms with Crippen molar-refractivity contribution in [3.05, 3.63) is 65.7 Å². The van der Waals surface area contributed by atoms with E-state index in [4.69, 9.17) is 4.74 Å². The molecule has 5 nitrogen and oxygen atoms in total. The lowest BCUT2D eigenvalue weighted by molar-refractivity contribution is 0.0390. The van der Waals surface area contributed by atoms with Gasteiger partial charge in [-0.15, -0.1) is 0 Å². The molecule has 1 amide bonds. The number of ether oxygens (including phenoxy) is 1. The van der Waals surface area contributed by atoms with Crippen LogP contribution in [-0.4, -0.2) is 29.0 Å². The number of aromatic nitrogens is 1. The molecule has 0 saturated carbocycles. The maximum Gasteiger partial charge on any atom is 0.338 e. The predicted octanol–water partition coefficient (Wildman–Crippen LogP) is 2.59. The van der Waals surface area contributed by atoms with Crippen LogP contribution in [-0.2, 0) is 4.74 Å². The fourth-order valence-corrected chi connectivity index (χ4v) is 1.83. The topological polar surface area (TPSA) is 68.3 Å². The number of halogens is 1. The molecule has 2 aromatic rings. The minimum absolute atomic E-state index is 0.0139. The van der Waals surface area contributed by atoms with Gasteiger partial charge in [-0.25, -0.2) is 9.18 Å². The maximum atomic E-state index is 12.8. The SMILES string of the molecule is CC(C)(COC(=O)c1ccc(F)cc1)NC(=O)c1ccncc1. The van der Waals surface area contributed by atoms with Crippen molar-refractivity contribution in [3.8, 4) is 0 Å². The van der Waals surface area contributed by atoms with Crippen LogP contribution in [0.4, 0.5) is 4.39 Å². The van der Waals surface area contributed by atoms with E-state index in [1.54, 1.807) is 26.0 Å². The normalized spacial score (nSPS) is 10.9. The second kappa shape index (κ2) is 7.00. The molecular formula is C17H17FN2O3. The monoisotopic (exact) mass is 316 g/mol. The molecule has 0 bridgehead atoms. The molecule has 0 aliphatic rings. The summed E-state index contributed by atoms with van der Waals surface area (Å²) in [5.41, 5.74) is -0.0312. The summed E-state index contributed by atoms with van der Waals surface area (Å²) in [5.74, 6) is -1.28. The zero-order valence-electron chi connectivity index (χ0n) is 12.9. The Hall–Kier alpha value is -2.76. The molecule has 1 heterocycles. The van der Waals surface area contributed by atoms with E-state index in [1.165, 1.54) is 36.7 Å². The van der Waals surface area contributed by atoms with Crippen LogP contribution in [0.5, 0.6) is 0 Å². The van der Waals surface area contributed by atoms with Gasteiger partial charge in [0.25, 0.3) is 5.91 Å². The average molecular weight is 316 g/mol. The fourth-order valence-electron chi connectivity index (χ4n) is 1.83. The third kappa shape index (κ3) is 4.88. The Labute approximate surface area is 133 Å². The van der Waals surface area contributed by atoms with Gasteiger partial charge in [-0.05, 0) is 50.2 Å². The van der Waals surface area contributed by atoms with Gasteiger partial charge in [-0.2, -0.15) is 0 Å². The van der Waals surface area contributed by atoms with Gasteiger partial charge in [0.15, 0.2) is 0 Å². The van der Waals surface area contributed by atoms with Crippen molar-refractivity contribution < 1.29 is 18.7 Å². The summed E-state index contributed by atoms with van der Waals surface area (Å²) in [5, 5.41) is 2.78. The number of rotatable bonds is 5. The molecular weight excluding hydrogens is 299 g/mol. The minimum atomic E-state index is -0.754. The van der Waals surface area contributed by atoms with Gasteiger partial charge in [0.1, 0.15) is 12.4 Å². The van der Waals surface area contributed by atoms with E-state index in [9.17, 15) is 14.0 Å². The van der Waals surface area contributed by atoms with Crippen LogP contribution in [0.25, 0.3) is 0 Å². The highest BCUT2D eigenvalue weighted by atomic mass is 19.1. The van der Waals surface area contributed by atoms with E-state index < -0.39 is 17.3 Å². The first-order chi connectivity index (χ1) is 10.9. The molecule has 23 heavy (non-hydrogen) atoms. The number of hydrogen-bond donors (Lipinski definition) is 1. The number of nitrogens with zero attached hydrogens (tertiary/aromatic N) is 1. The smallest absolute Gasteiger partial charge is 0.338 e. The second-order valence-corrected chi connectivity index (χ2v) is 5.66. The Bertz CT molecular complexity index is 685. The third-order valence-electron chi connectivity index (χ3n) is 3.04. The van der Waals surface area contributed by atoms with E-state index in [0.29, 0.717) is 5.56 Å². The molecule has 0 aliphatic heterocycles. The number of carbonyl (C=O) groups is 2. The number of nitrogens with one attached hydrogen (secondary N) is 1. The number of esters is 1. The van der Waals surface area contributed by atoms with E-state index in [2.05, 4.69) is 10.3 Å². The van der Waals surface area contributed by atoms with Crippen molar-refractivity contribution in [1.82, 2.24) is 10.3 Å². The van der Waals surface area contributed by atoms with E-state index in [0.717, 1.165) is 0 Å². The number of pyridine rings is 1. The van der Waals surface area contributed by atoms with Gasteiger partial charge in [0, 0.05) is 18.0 Å². The van der Waals surface area contributed by atoms with E-state index in [-0.39, 0.29) is 18.1 Å². The number of benzene rings is 1. The summed E-state index contributed by atoms with van der Waals surface area (Å²) < 4.78 is 18.0. The Morgan fingerprint density at radius 2 is 1.70 bits per heavy atom. The van der Waals surface area contributed by atoms with Crippen molar-refractivity contribution in [2.24, 2.45) is 0 Å². The van der Waals surface area contributed by atoms with Crippen molar-refractivity contribution >= 4 is 11.9 Å². The van der Waals surface area contributed by atoms with Crippen molar-refractivity contribution in [1.29, 1.82) is 0 Å². The summed E-state index contributed by atoms with van der Waals surface area (Å²) in [4.78, 5) is 27.8. The average Bonchev–Trinajstić information content (AvgIpc) is 2.54. The van der Waals surface area contributed by atoms with Crippen LogP contribution in [0.3, 0.4) is 0 Å². The summed E-state index contributed by atoms with van der Waals surface area (Å²) >= 11 is 0. The third-order valence-corrected chi connectivity index (χ3v) is 3.04. The fraction of sp³-hybridized carbons (Fsp3) is 0.235. The molecule has 1 aromatic heterocycles. The van der Waals surface area contributed by atoms with Crippen molar-refractivity contribution in [2.45, 2.75) is 19.4 Å². The minimum Gasteiger partial charge on any atom is -0.460 e. The van der Waals surface area contributed by atoms with Gasteiger partial charge in [-0.1, -0.05) is 0 Å². The Morgan fingerprint density at radius 3 is 2.30 bits per heavy atom.